The molecule has 0 aromatic heterocycles. The summed E-state index contributed by atoms with van der Waals surface area (Å²) >= 11 is 2.30. The van der Waals surface area contributed by atoms with Crippen LogP contribution in [-0.4, -0.2) is 43.6 Å². The van der Waals surface area contributed by atoms with Gasteiger partial charge in [0.2, 0.25) is 8.32 Å². The number of ether oxygens (including phenoxy) is 2. The van der Waals surface area contributed by atoms with Gasteiger partial charge in [0.1, 0.15) is 18.3 Å². The summed E-state index contributed by atoms with van der Waals surface area (Å²) in [4.78, 5) is 0. The summed E-state index contributed by atoms with van der Waals surface area (Å²) in [6.45, 7) is 17.4. The molecule has 0 bridgehead atoms. The summed E-state index contributed by atoms with van der Waals surface area (Å²) in [7, 11) is -2.07. The Morgan fingerprint density at radius 3 is 2.04 bits per heavy atom. The average molecular weight is 468 g/mol. The number of aliphatic hydroxyl groups excluding tert-OH is 1. The molecule has 2 aliphatic rings. The van der Waals surface area contributed by atoms with Crippen LogP contribution < -0.4 is 0 Å². The van der Waals surface area contributed by atoms with E-state index in [4.69, 9.17) is 13.9 Å². The fourth-order valence-corrected chi connectivity index (χ4v) is 10.9. The molecule has 0 unspecified atom stereocenters. The largest absolute Gasteiger partial charge is 0.407 e. The molecule has 0 aromatic carbocycles. The van der Waals surface area contributed by atoms with Gasteiger partial charge in [0, 0.05) is 3.58 Å². The minimum atomic E-state index is -2.07. The van der Waals surface area contributed by atoms with Crippen LogP contribution in [0.3, 0.4) is 0 Å². The minimum absolute atomic E-state index is 0.191. The molecule has 140 valence electrons. The average Bonchev–Trinajstić information content (AvgIpc) is 2.76. The minimum Gasteiger partial charge on any atom is -0.407 e. The standard InChI is InChI=1S/C18H33IO4Si/c1-10(2)24(11(3)4,12(5)6)23-14-9-13(19)16-17(15(14)20)22-18(7,8)21-16/h9-12,14-17,20H,1-8H3/t14-,15-,16-,17+/m1/s1. The number of fused-ring (bicyclic) bond motifs is 1. The zero-order valence-corrected chi connectivity index (χ0v) is 19.3. The van der Waals surface area contributed by atoms with E-state index in [1.165, 1.54) is 0 Å². The van der Waals surface area contributed by atoms with Gasteiger partial charge in [0.05, 0.1) is 6.10 Å². The molecular formula is C18H33IO4Si. The second-order valence-electron chi connectivity index (χ2n) is 8.46. The van der Waals surface area contributed by atoms with Crippen molar-refractivity contribution in [3.63, 3.8) is 0 Å². The predicted molar refractivity (Wildman–Crippen MR) is 108 cm³/mol. The quantitative estimate of drug-likeness (QED) is 0.467. The van der Waals surface area contributed by atoms with Gasteiger partial charge in [-0.2, -0.15) is 0 Å². The molecule has 1 heterocycles. The van der Waals surface area contributed by atoms with Crippen LogP contribution in [0, 0.1) is 0 Å². The predicted octanol–water partition coefficient (Wildman–Crippen LogP) is 4.76. The topological polar surface area (TPSA) is 47.9 Å². The first-order chi connectivity index (χ1) is 10.9. The molecule has 0 spiro atoms. The molecule has 1 saturated heterocycles. The van der Waals surface area contributed by atoms with Crippen molar-refractivity contribution in [2.75, 3.05) is 0 Å². The first-order valence-corrected chi connectivity index (χ1v) is 12.2. The van der Waals surface area contributed by atoms with E-state index in [2.05, 4.69) is 64.1 Å². The van der Waals surface area contributed by atoms with E-state index < -0.39 is 20.2 Å². The highest BCUT2D eigenvalue weighted by Crippen LogP contribution is 2.46. The van der Waals surface area contributed by atoms with Crippen LogP contribution in [0.2, 0.25) is 16.6 Å². The van der Waals surface area contributed by atoms with Crippen molar-refractivity contribution in [1.29, 1.82) is 0 Å². The van der Waals surface area contributed by atoms with Crippen molar-refractivity contribution in [1.82, 2.24) is 0 Å². The molecule has 4 nitrogen and oxygen atoms in total. The van der Waals surface area contributed by atoms with E-state index in [-0.39, 0.29) is 18.3 Å². The van der Waals surface area contributed by atoms with Crippen molar-refractivity contribution < 1.29 is 19.0 Å². The third kappa shape index (κ3) is 3.64. The summed E-state index contributed by atoms with van der Waals surface area (Å²) in [5.41, 5.74) is 1.43. The summed E-state index contributed by atoms with van der Waals surface area (Å²) in [6.07, 6.45) is 0.475. The van der Waals surface area contributed by atoms with E-state index in [1.54, 1.807) is 0 Å². The zero-order chi connectivity index (χ0) is 18.4. The lowest BCUT2D eigenvalue weighted by molar-refractivity contribution is -0.157. The molecule has 0 aromatic rings. The molecule has 0 radical (unpaired) electrons. The van der Waals surface area contributed by atoms with Gasteiger partial charge in [-0.1, -0.05) is 41.5 Å². The van der Waals surface area contributed by atoms with Crippen LogP contribution >= 0.6 is 22.6 Å². The molecule has 6 heteroatoms. The van der Waals surface area contributed by atoms with Crippen molar-refractivity contribution >= 4 is 30.9 Å². The van der Waals surface area contributed by atoms with E-state index in [0.29, 0.717) is 16.6 Å². The molecular weight excluding hydrogens is 435 g/mol. The van der Waals surface area contributed by atoms with Crippen molar-refractivity contribution in [3.8, 4) is 0 Å². The van der Waals surface area contributed by atoms with Crippen LogP contribution in [0.5, 0.6) is 0 Å². The van der Waals surface area contributed by atoms with Crippen LogP contribution in [0.15, 0.2) is 9.66 Å². The monoisotopic (exact) mass is 468 g/mol. The van der Waals surface area contributed by atoms with Gasteiger partial charge in [-0.25, -0.2) is 0 Å². The molecule has 1 fully saturated rings. The molecule has 1 N–H and O–H groups in total. The second kappa shape index (κ2) is 7.27. The van der Waals surface area contributed by atoms with Gasteiger partial charge < -0.3 is 19.0 Å². The molecule has 2 rings (SSSR count). The zero-order valence-electron chi connectivity index (χ0n) is 16.2. The van der Waals surface area contributed by atoms with E-state index in [0.717, 1.165) is 3.58 Å². The number of hydrogen-bond acceptors (Lipinski definition) is 4. The van der Waals surface area contributed by atoms with Gasteiger partial charge in [-0.15, -0.1) is 0 Å². The van der Waals surface area contributed by atoms with Crippen molar-refractivity contribution in [2.24, 2.45) is 0 Å². The Labute approximate surface area is 161 Å². The lowest BCUT2D eigenvalue weighted by atomic mass is 9.96. The Hall–Kier alpha value is 0.527. The first-order valence-electron chi connectivity index (χ1n) is 9.01. The summed E-state index contributed by atoms with van der Waals surface area (Å²) in [5.74, 6) is -0.669. The maximum atomic E-state index is 10.9. The highest BCUT2D eigenvalue weighted by atomic mass is 127. The first kappa shape index (κ1) is 20.8. The molecule has 0 saturated carbocycles. The number of rotatable bonds is 5. The Morgan fingerprint density at radius 2 is 1.58 bits per heavy atom. The number of halogens is 1. The molecule has 1 aliphatic carbocycles. The van der Waals surface area contributed by atoms with E-state index >= 15 is 0 Å². The lowest BCUT2D eigenvalue weighted by Crippen LogP contribution is -2.56. The molecule has 4 atom stereocenters. The smallest absolute Gasteiger partial charge is 0.201 e. The van der Waals surface area contributed by atoms with E-state index in [1.807, 2.05) is 19.9 Å². The maximum Gasteiger partial charge on any atom is 0.201 e. The van der Waals surface area contributed by atoms with Gasteiger partial charge in [0.25, 0.3) is 0 Å². The van der Waals surface area contributed by atoms with Crippen LogP contribution in [0.1, 0.15) is 55.4 Å². The normalized spacial score (nSPS) is 33.3. The highest BCUT2D eigenvalue weighted by molar-refractivity contribution is 14.1. The fraction of sp³-hybridized carbons (Fsp3) is 0.889. The summed E-state index contributed by atoms with van der Waals surface area (Å²) < 4.78 is 19.8. The maximum absolute atomic E-state index is 10.9. The van der Waals surface area contributed by atoms with Gasteiger partial charge in [-0.3, -0.25) is 0 Å². The molecule has 0 amide bonds. The summed E-state index contributed by atoms with van der Waals surface area (Å²) in [6, 6.07) is 0. The van der Waals surface area contributed by atoms with Crippen molar-refractivity contribution in [2.45, 2.75) is 102 Å². The van der Waals surface area contributed by atoms with Crippen LogP contribution in [0.25, 0.3) is 0 Å². The van der Waals surface area contributed by atoms with Crippen molar-refractivity contribution in [3.05, 3.63) is 9.66 Å². The Kier molecular flexibility index (Phi) is 6.31. The third-order valence-corrected chi connectivity index (χ3v) is 12.5. The summed E-state index contributed by atoms with van der Waals surface area (Å²) in [5, 5.41) is 10.9. The third-order valence-electron chi connectivity index (χ3n) is 5.44. The van der Waals surface area contributed by atoms with Gasteiger partial charge in [-0.05, 0) is 59.1 Å². The SMILES string of the molecule is CC(C)[Si](O[C@@H]1C=C(I)[C@H]2OC(C)(C)O[C@H]2[C@@H]1O)(C(C)C)C(C)C. The van der Waals surface area contributed by atoms with Crippen LogP contribution in [0.4, 0.5) is 0 Å². The molecule has 24 heavy (non-hydrogen) atoms. The van der Waals surface area contributed by atoms with E-state index in [9.17, 15) is 5.11 Å². The second-order valence-corrected chi connectivity index (χ2v) is 15.1. The van der Waals surface area contributed by atoms with Gasteiger partial charge in [0.15, 0.2) is 5.79 Å². The Morgan fingerprint density at radius 1 is 1.08 bits per heavy atom. The Bertz CT molecular complexity index is 468. The Balaban J connectivity index is 2.32. The number of hydrogen-bond donors (Lipinski definition) is 1. The highest BCUT2D eigenvalue weighted by Gasteiger charge is 2.54. The fourth-order valence-electron chi connectivity index (χ4n) is 4.54. The number of aliphatic hydroxyl groups is 1. The van der Waals surface area contributed by atoms with Gasteiger partial charge >= 0.3 is 0 Å². The molecule has 1 aliphatic heterocycles. The lowest BCUT2D eigenvalue weighted by Gasteiger charge is -2.46. The van der Waals surface area contributed by atoms with Crippen LogP contribution in [-0.2, 0) is 13.9 Å².